The Hall–Kier alpha value is -1.63. The number of pyridine rings is 1. The molecule has 0 saturated carbocycles. The second-order valence-electron chi connectivity index (χ2n) is 6.85. The highest BCUT2D eigenvalue weighted by Crippen LogP contribution is 2.46. The fourth-order valence-electron chi connectivity index (χ4n) is 4.54. The first-order chi connectivity index (χ1) is 10.3. The molecule has 0 bridgehead atoms. The lowest BCUT2D eigenvalue weighted by atomic mass is 9.66. The molecule has 4 rings (SSSR count). The minimum Gasteiger partial charge on any atom is -0.264 e. The number of hydrogen-bond acceptors (Lipinski definition) is 1. The first-order valence-electron chi connectivity index (χ1n) is 8.33. The molecule has 0 amide bonds. The number of nitrogens with zero attached hydrogens (tertiary/aromatic N) is 1. The largest absolute Gasteiger partial charge is 0.264 e. The summed E-state index contributed by atoms with van der Waals surface area (Å²) >= 11 is 0. The molecular formula is C20H23N. The lowest BCUT2D eigenvalue weighted by Gasteiger charge is -2.38. The molecule has 0 fully saturated rings. The van der Waals surface area contributed by atoms with Crippen molar-refractivity contribution in [3.8, 4) is 0 Å². The van der Waals surface area contributed by atoms with E-state index in [1.807, 2.05) is 6.20 Å². The standard InChI is InChI=1S/C20H23N/c1-14(18-9-4-10-21-13-18)19-11-16-7-2-5-15-6-3-8-17(12-19)20(15)16/h2,4-5,7,9-10,13-14,17,19H,3,6,8,11-12H2,1H3. The monoisotopic (exact) mass is 277 g/mol. The molecule has 2 aliphatic carbocycles. The van der Waals surface area contributed by atoms with E-state index in [-0.39, 0.29) is 0 Å². The first kappa shape index (κ1) is 13.1. The highest BCUT2D eigenvalue weighted by atomic mass is 14.6. The number of rotatable bonds is 2. The van der Waals surface area contributed by atoms with Crippen LogP contribution in [0, 0.1) is 5.92 Å². The molecule has 2 aromatic rings. The molecule has 1 heteroatoms. The molecule has 108 valence electrons. The Morgan fingerprint density at radius 3 is 2.90 bits per heavy atom. The van der Waals surface area contributed by atoms with Crippen LogP contribution in [0.25, 0.3) is 0 Å². The van der Waals surface area contributed by atoms with Gasteiger partial charge in [0.2, 0.25) is 0 Å². The second-order valence-corrected chi connectivity index (χ2v) is 6.85. The van der Waals surface area contributed by atoms with Gasteiger partial charge in [-0.25, -0.2) is 0 Å². The van der Waals surface area contributed by atoms with Crippen LogP contribution in [0.5, 0.6) is 0 Å². The summed E-state index contributed by atoms with van der Waals surface area (Å²) in [7, 11) is 0. The zero-order valence-corrected chi connectivity index (χ0v) is 12.8. The topological polar surface area (TPSA) is 12.9 Å². The third kappa shape index (κ3) is 2.29. The molecule has 1 aromatic heterocycles. The van der Waals surface area contributed by atoms with E-state index in [9.17, 15) is 0 Å². The summed E-state index contributed by atoms with van der Waals surface area (Å²) in [5, 5.41) is 0. The third-order valence-electron chi connectivity index (χ3n) is 5.68. The summed E-state index contributed by atoms with van der Waals surface area (Å²) in [5.41, 5.74) is 6.39. The van der Waals surface area contributed by atoms with Gasteiger partial charge in [0.05, 0.1) is 0 Å². The van der Waals surface area contributed by atoms with Crippen LogP contribution in [-0.4, -0.2) is 4.98 Å². The highest BCUT2D eigenvalue weighted by molar-refractivity contribution is 5.42. The molecule has 0 aliphatic heterocycles. The molecule has 21 heavy (non-hydrogen) atoms. The SMILES string of the molecule is CC(c1cccnc1)C1Cc2cccc3c2C(CCC3)C1. The van der Waals surface area contributed by atoms with E-state index >= 15 is 0 Å². The van der Waals surface area contributed by atoms with Gasteiger partial charge in [0.25, 0.3) is 0 Å². The van der Waals surface area contributed by atoms with Crippen molar-refractivity contribution in [1.29, 1.82) is 0 Å². The average molecular weight is 277 g/mol. The van der Waals surface area contributed by atoms with E-state index in [1.165, 1.54) is 37.7 Å². The van der Waals surface area contributed by atoms with E-state index in [0.717, 1.165) is 11.8 Å². The Labute approximate surface area is 127 Å². The van der Waals surface area contributed by atoms with Crippen molar-refractivity contribution in [2.24, 2.45) is 5.92 Å². The van der Waals surface area contributed by atoms with E-state index in [2.05, 4.69) is 48.4 Å². The van der Waals surface area contributed by atoms with Crippen molar-refractivity contribution >= 4 is 0 Å². The molecule has 0 radical (unpaired) electrons. The van der Waals surface area contributed by atoms with Crippen molar-refractivity contribution in [2.45, 2.75) is 50.9 Å². The van der Waals surface area contributed by atoms with Gasteiger partial charge in [0, 0.05) is 12.4 Å². The predicted octanol–water partition coefficient (Wildman–Crippen LogP) is 4.87. The summed E-state index contributed by atoms with van der Waals surface area (Å²) in [6.45, 7) is 2.39. The summed E-state index contributed by atoms with van der Waals surface area (Å²) in [5.74, 6) is 2.18. The quantitative estimate of drug-likeness (QED) is 0.763. The van der Waals surface area contributed by atoms with Crippen molar-refractivity contribution in [3.05, 3.63) is 65.0 Å². The van der Waals surface area contributed by atoms with Gasteiger partial charge in [-0.15, -0.1) is 0 Å². The zero-order valence-electron chi connectivity index (χ0n) is 12.8. The number of aryl methyl sites for hydroxylation is 1. The van der Waals surface area contributed by atoms with Gasteiger partial charge in [0.1, 0.15) is 0 Å². The molecule has 1 nitrogen and oxygen atoms in total. The van der Waals surface area contributed by atoms with Crippen molar-refractivity contribution < 1.29 is 0 Å². The number of benzene rings is 1. The normalized spacial score (nSPS) is 25.2. The van der Waals surface area contributed by atoms with Crippen molar-refractivity contribution in [3.63, 3.8) is 0 Å². The number of hydrogen-bond donors (Lipinski definition) is 0. The Kier molecular flexibility index (Phi) is 3.29. The van der Waals surface area contributed by atoms with Gasteiger partial charge in [-0.1, -0.05) is 31.2 Å². The summed E-state index contributed by atoms with van der Waals surface area (Å²) in [4.78, 5) is 4.31. The van der Waals surface area contributed by atoms with E-state index in [0.29, 0.717) is 5.92 Å². The zero-order chi connectivity index (χ0) is 14.2. The van der Waals surface area contributed by atoms with Gasteiger partial charge in [0.15, 0.2) is 0 Å². The average Bonchev–Trinajstić information content (AvgIpc) is 2.55. The molecule has 0 N–H and O–H groups in total. The van der Waals surface area contributed by atoms with Gasteiger partial charge in [-0.05, 0) is 78.2 Å². The Morgan fingerprint density at radius 1 is 1.14 bits per heavy atom. The van der Waals surface area contributed by atoms with Crippen LogP contribution in [-0.2, 0) is 12.8 Å². The minimum atomic E-state index is 0.609. The number of aromatic nitrogens is 1. The third-order valence-corrected chi connectivity index (χ3v) is 5.68. The van der Waals surface area contributed by atoms with Crippen LogP contribution >= 0.6 is 0 Å². The van der Waals surface area contributed by atoms with Gasteiger partial charge >= 0.3 is 0 Å². The van der Waals surface area contributed by atoms with E-state index < -0.39 is 0 Å². The summed E-state index contributed by atoms with van der Waals surface area (Å²) < 4.78 is 0. The van der Waals surface area contributed by atoms with Gasteiger partial charge in [-0.2, -0.15) is 0 Å². The van der Waals surface area contributed by atoms with Crippen LogP contribution in [0.4, 0.5) is 0 Å². The van der Waals surface area contributed by atoms with Crippen LogP contribution < -0.4 is 0 Å². The van der Waals surface area contributed by atoms with Crippen molar-refractivity contribution in [2.75, 3.05) is 0 Å². The maximum atomic E-state index is 4.31. The first-order valence-corrected chi connectivity index (χ1v) is 8.33. The Balaban J connectivity index is 1.66. The summed E-state index contributed by atoms with van der Waals surface area (Å²) in [6, 6.07) is 11.3. The maximum Gasteiger partial charge on any atom is 0.0302 e. The molecule has 3 atom stereocenters. The Bertz CT molecular complexity index is 632. The van der Waals surface area contributed by atoms with Crippen LogP contribution in [0.2, 0.25) is 0 Å². The van der Waals surface area contributed by atoms with E-state index in [4.69, 9.17) is 0 Å². The van der Waals surface area contributed by atoms with Crippen molar-refractivity contribution in [1.82, 2.24) is 4.98 Å². The predicted molar refractivity (Wildman–Crippen MR) is 86.6 cm³/mol. The lowest BCUT2D eigenvalue weighted by Crippen LogP contribution is -2.26. The molecule has 1 aromatic carbocycles. The molecular weight excluding hydrogens is 254 g/mol. The van der Waals surface area contributed by atoms with Crippen LogP contribution in [0.1, 0.15) is 60.3 Å². The van der Waals surface area contributed by atoms with E-state index in [1.54, 1.807) is 16.7 Å². The lowest BCUT2D eigenvalue weighted by molar-refractivity contribution is 0.331. The summed E-state index contributed by atoms with van der Waals surface area (Å²) in [6.07, 6.45) is 10.6. The smallest absolute Gasteiger partial charge is 0.0302 e. The van der Waals surface area contributed by atoms with Crippen LogP contribution in [0.15, 0.2) is 42.7 Å². The molecule has 2 aliphatic rings. The molecule has 0 saturated heterocycles. The molecule has 1 heterocycles. The maximum absolute atomic E-state index is 4.31. The van der Waals surface area contributed by atoms with Crippen LogP contribution in [0.3, 0.4) is 0 Å². The van der Waals surface area contributed by atoms with Gasteiger partial charge in [-0.3, -0.25) is 4.98 Å². The molecule has 0 spiro atoms. The fourth-order valence-corrected chi connectivity index (χ4v) is 4.54. The highest BCUT2D eigenvalue weighted by Gasteiger charge is 2.33. The second kappa shape index (κ2) is 5.29. The fraction of sp³-hybridized carbons (Fsp3) is 0.450. The minimum absolute atomic E-state index is 0.609. The molecule has 3 unspecified atom stereocenters. The Morgan fingerprint density at radius 2 is 2.05 bits per heavy atom. The van der Waals surface area contributed by atoms with Gasteiger partial charge < -0.3 is 0 Å².